The highest BCUT2D eigenvalue weighted by molar-refractivity contribution is 7.70. The maximum Gasteiger partial charge on any atom is 0.280 e. The van der Waals surface area contributed by atoms with Gasteiger partial charge in [0.25, 0.3) is 5.69 Å². The monoisotopic (exact) mass is 227 g/mol. The third kappa shape index (κ3) is 2.26. The van der Waals surface area contributed by atoms with Gasteiger partial charge in [-0.15, -0.1) is 0 Å². The molecule has 82 valence electrons. The summed E-state index contributed by atoms with van der Waals surface area (Å²) < 4.78 is 12.0. The van der Waals surface area contributed by atoms with E-state index >= 15 is 0 Å². The van der Waals surface area contributed by atoms with Gasteiger partial charge in [0.15, 0.2) is 0 Å². The molecule has 0 saturated heterocycles. The van der Waals surface area contributed by atoms with Crippen molar-refractivity contribution < 1.29 is 9.49 Å². The first-order valence-corrected chi connectivity index (χ1v) is 7.15. The van der Waals surface area contributed by atoms with Crippen LogP contribution in [0.15, 0.2) is 12.1 Å². The second-order valence-electron chi connectivity index (χ2n) is 3.98. The number of rotatable bonds is 2. The summed E-state index contributed by atoms with van der Waals surface area (Å²) in [6.07, 6.45) is 0. The van der Waals surface area contributed by atoms with Crippen molar-refractivity contribution in [3.8, 4) is 0 Å². The SMILES string of the molecule is Cc1ccc([N+](=O)[O-])c(P(C)(C)=O)c1C. The fraction of sp³-hybridized carbons (Fsp3) is 0.400. The van der Waals surface area contributed by atoms with E-state index in [1.807, 2.05) is 6.92 Å². The van der Waals surface area contributed by atoms with Gasteiger partial charge in [-0.3, -0.25) is 10.1 Å². The first-order chi connectivity index (χ1) is 6.75. The van der Waals surface area contributed by atoms with Crippen LogP contribution in [-0.4, -0.2) is 18.3 Å². The van der Waals surface area contributed by atoms with Gasteiger partial charge >= 0.3 is 0 Å². The Labute approximate surface area is 88.8 Å². The molecule has 0 aliphatic carbocycles. The van der Waals surface area contributed by atoms with E-state index in [9.17, 15) is 14.7 Å². The van der Waals surface area contributed by atoms with E-state index in [1.54, 1.807) is 26.3 Å². The topological polar surface area (TPSA) is 60.2 Å². The minimum absolute atomic E-state index is 0.0357. The molecule has 0 radical (unpaired) electrons. The normalized spacial score (nSPS) is 11.5. The van der Waals surface area contributed by atoms with E-state index in [0.717, 1.165) is 11.1 Å². The molecule has 0 aromatic heterocycles. The molecule has 0 aliphatic heterocycles. The van der Waals surface area contributed by atoms with Crippen LogP contribution < -0.4 is 5.30 Å². The van der Waals surface area contributed by atoms with Crippen molar-refractivity contribution in [2.24, 2.45) is 0 Å². The molecule has 0 bridgehead atoms. The first kappa shape index (κ1) is 11.9. The van der Waals surface area contributed by atoms with Gasteiger partial charge in [0.05, 0.1) is 10.2 Å². The van der Waals surface area contributed by atoms with Gasteiger partial charge in [0.2, 0.25) is 0 Å². The lowest BCUT2D eigenvalue weighted by Crippen LogP contribution is -2.14. The summed E-state index contributed by atoms with van der Waals surface area (Å²) in [5, 5.41) is 11.2. The minimum atomic E-state index is -2.62. The summed E-state index contributed by atoms with van der Waals surface area (Å²) >= 11 is 0. The standard InChI is InChI=1S/C10H14NO3P/c1-7-5-6-9(11(12)13)10(8(7)2)15(3,4)14/h5-6H,1-4H3. The molecule has 15 heavy (non-hydrogen) atoms. The van der Waals surface area contributed by atoms with E-state index < -0.39 is 12.1 Å². The predicted octanol–water partition coefficient (Wildman–Crippen LogP) is 2.46. The van der Waals surface area contributed by atoms with Crippen LogP contribution >= 0.6 is 7.14 Å². The van der Waals surface area contributed by atoms with Crippen LogP contribution in [0.3, 0.4) is 0 Å². The lowest BCUT2D eigenvalue weighted by atomic mass is 10.1. The zero-order valence-corrected chi connectivity index (χ0v) is 10.2. The van der Waals surface area contributed by atoms with Crippen molar-refractivity contribution >= 4 is 18.1 Å². The predicted molar refractivity (Wildman–Crippen MR) is 61.7 cm³/mol. The quantitative estimate of drug-likeness (QED) is 0.443. The summed E-state index contributed by atoms with van der Waals surface area (Å²) in [6, 6.07) is 3.12. The van der Waals surface area contributed by atoms with Crippen molar-refractivity contribution in [3.63, 3.8) is 0 Å². The van der Waals surface area contributed by atoms with E-state index in [1.165, 1.54) is 6.07 Å². The molecule has 4 nitrogen and oxygen atoms in total. The van der Waals surface area contributed by atoms with Crippen LogP contribution in [0, 0.1) is 24.0 Å². The molecule has 0 fully saturated rings. The zero-order valence-electron chi connectivity index (χ0n) is 9.27. The lowest BCUT2D eigenvalue weighted by Gasteiger charge is -2.12. The number of benzene rings is 1. The molecule has 0 N–H and O–H groups in total. The highest BCUT2D eigenvalue weighted by atomic mass is 31.2. The summed E-state index contributed by atoms with van der Waals surface area (Å²) in [4.78, 5) is 10.3. The van der Waals surface area contributed by atoms with Crippen molar-refractivity contribution in [1.29, 1.82) is 0 Å². The molecular weight excluding hydrogens is 213 g/mol. The molecule has 5 heteroatoms. The Morgan fingerprint density at radius 2 is 1.80 bits per heavy atom. The minimum Gasteiger partial charge on any atom is -0.319 e. The maximum absolute atomic E-state index is 12.0. The van der Waals surface area contributed by atoms with Crippen molar-refractivity contribution in [2.75, 3.05) is 13.3 Å². The summed E-state index contributed by atoms with van der Waals surface area (Å²) in [6.45, 7) is 6.75. The van der Waals surface area contributed by atoms with Gasteiger partial charge in [-0.05, 0) is 38.3 Å². The first-order valence-electron chi connectivity index (χ1n) is 4.55. The largest absolute Gasteiger partial charge is 0.319 e. The Kier molecular flexibility index (Phi) is 3.00. The average molecular weight is 227 g/mol. The second-order valence-corrected chi connectivity index (χ2v) is 7.13. The van der Waals surface area contributed by atoms with Crippen LogP contribution in [0.2, 0.25) is 0 Å². The highest BCUT2D eigenvalue weighted by Crippen LogP contribution is 2.40. The molecule has 0 amide bonds. The molecule has 0 heterocycles. The van der Waals surface area contributed by atoms with Gasteiger partial charge in [0, 0.05) is 6.07 Å². The number of nitrogens with zero attached hydrogens (tertiary/aromatic N) is 1. The van der Waals surface area contributed by atoms with E-state index in [0.29, 0.717) is 5.30 Å². The fourth-order valence-corrected chi connectivity index (χ4v) is 3.31. The maximum atomic E-state index is 12.0. The molecule has 1 rings (SSSR count). The number of nitro groups is 1. The van der Waals surface area contributed by atoms with Gasteiger partial charge < -0.3 is 4.57 Å². The zero-order chi connectivity index (χ0) is 11.8. The smallest absolute Gasteiger partial charge is 0.280 e. The van der Waals surface area contributed by atoms with Crippen LogP contribution in [0.1, 0.15) is 11.1 Å². The molecule has 0 spiro atoms. The van der Waals surface area contributed by atoms with Crippen LogP contribution in [0.25, 0.3) is 0 Å². The third-order valence-corrected chi connectivity index (χ3v) is 4.06. The van der Waals surface area contributed by atoms with Gasteiger partial charge in [-0.2, -0.15) is 0 Å². The summed E-state index contributed by atoms with van der Waals surface area (Å²) in [5.41, 5.74) is 1.66. The molecular formula is C10H14NO3P. The molecule has 1 aromatic carbocycles. The van der Waals surface area contributed by atoms with Gasteiger partial charge in [-0.1, -0.05) is 6.07 Å². The van der Waals surface area contributed by atoms with Crippen molar-refractivity contribution in [3.05, 3.63) is 33.4 Å². The Morgan fingerprint density at radius 3 is 2.20 bits per heavy atom. The highest BCUT2D eigenvalue weighted by Gasteiger charge is 2.26. The number of nitro benzene ring substituents is 1. The number of hydrogen-bond acceptors (Lipinski definition) is 3. The van der Waals surface area contributed by atoms with E-state index in [-0.39, 0.29) is 5.69 Å². The van der Waals surface area contributed by atoms with Crippen molar-refractivity contribution in [2.45, 2.75) is 13.8 Å². The van der Waals surface area contributed by atoms with Crippen molar-refractivity contribution in [1.82, 2.24) is 0 Å². The van der Waals surface area contributed by atoms with Gasteiger partial charge in [-0.25, -0.2) is 0 Å². The molecule has 0 saturated carbocycles. The lowest BCUT2D eigenvalue weighted by molar-refractivity contribution is -0.383. The number of hydrogen-bond donors (Lipinski definition) is 0. The third-order valence-electron chi connectivity index (χ3n) is 2.42. The Balaban J connectivity index is 3.64. The fourth-order valence-electron chi connectivity index (χ4n) is 1.61. The van der Waals surface area contributed by atoms with Crippen LogP contribution in [-0.2, 0) is 4.57 Å². The molecule has 0 unspecified atom stereocenters. The Morgan fingerprint density at radius 1 is 1.27 bits per heavy atom. The Bertz CT molecular complexity index is 462. The average Bonchev–Trinajstić information content (AvgIpc) is 2.06. The van der Waals surface area contributed by atoms with E-state index in [2.05, 4.69) is 0 Å². The second kappa shape index (κ2) is 3.78. The Hall–Kier alpha value is -1.15. The molecule has 1 aromatic rings. The van der Waals surface area contributed by atoms with Crippen LogP contribution in [0.4, 0.5) is 5.69 Å². The molecule has 0 atom stereocenters. The molecule has 0 aliphatic rings. The van der Waals surface area contributed by atoms with Gasteiger partial charge in [0.1, 0.15) is 7.14 Å². The number of aryl methyl sites for hydroxylation is 1. The summed E-state index contributed by atoms with van der Waals surface area (Å²) in [7, 11) is -2.62. The summed E-state index contributed by atoms with van der Waals surface area (Å²) in [5.74, 6) is 0. The van der Waals surface area contributed by atoms with E-state index in [4.69, 9.17) is 0 Å². The van der Waals surface area contributed by atoms with Crippen LogP contribution in [0.5, 0.6) is 0 Å².